The summed E-state index contributed by atoms with van der Waals surface area (Å²) < 4.78 is 5.63. The van der Waals surface area contributed by atoms with Gasteiger partial charge in [0.05, 0.1) is 0 Å². The Bertz CT molecular complexity index is 699. The van der Waals surface area contributed by atoms with Crippen LogP contribution in [-0.4, -0.2) is 21.2 Å². The van der Waals surface area contributed by atoms with Crippen molar-refractivity contribution in [3.63, 3.8) is 0 Å². The summed E-state index contributed by atoms with van der Waals surface area (Å²) in [4.78, 5) is 12.8. The molecule has 4 nitrogen and oxygen atoms in total. The predicted octanol–water partition coefficient (Wildman–Crippen LogP) is 4.14. The van der Waals surface area contributed by atoms with Gasteiger partial charge in [-0.2, -0.15) is 0 Å². The van der Waals surface area contributed by atoms with E-state index in [9.17, 15) is 0 Å². The molecule has 0 aliphatic heterocycles. The fraction of sp³-hybridized carbons (Fsp3) is 0.0833. The predicted molar refractivity (Wildman–Crippen MR) is 77.0 cm³/mol. The van der Waals surface area contributed by atoms with Gasteiger partial charge in [0.2, 0.25) is 0 Å². The zero-order chi connectivity index (χ0) is 13.2. The van der Waals surface area contributed by atoms with Crippen molar-refractivity contribution < 1.29 is 4.42 Å². The van der Waals surface area contributed by atoms with Crippen LogP contribution in [0.2, 0.25) is 5.15 Å². The van der Waals surface area contributed by atoms with Gasteiger partial charge in [-0.3, -0.25) is 0 Å². The SMILES string of the molecule is CSc1nc(Cl)cc(Sc2nc3ccccc3o2)n1. The van der Waals surface area contributed by atoms with Crippen LogP contribution in [0.3, 0.4) is 0 Å². The fourth-order valence-corrected chi connectivity index (χ4v) is 3.00. The third-order valence-electron chi connectivity index (χ3n) is 2.30. The molecular formula is C12H8ClN3OS2. The van der Waals surface area contributed by atoms with Gasteiger partial charge in [0.1, 0.15) is 15.7 Å². The van der Waals surface area contributed by atoms with Crippen molar-refractivity contribution >= 4 is 46.2 Å². The quantitative estimate of drug-likeness (QED) is 0.411. The molecule has 0 amide bonds. The Hall–Kier alpha value is -1.24. The first-order valence-corrected chi connectivity index (χ1v) is 7.78. The Morgan fingerprint density at radius 1 is 1.16 bits per heavy atom. The minimum atomic E-state index is 0.415. The molecule has 0 spiro atoms. The van der Waals surface area contributed by atoms with Crippen LogP contribution in [-0.2, 0) is 0 Å². The van der Waals surface area contributed by atoms with E-state index >= 15 is 0 Å². The molecule has 0 radical (unpaired) electrons. The molecule has 3 aromatic rings. The van der Waals surface area contributed by atoms with Gasteiger partial charge in [0.25, 0.3) is 5.22 Å². The molecule has 0 unspecified atom stereocenters. The van der Waals surface area contributed by atoms with E-state index in [-0.39, 0.29) is 0 Å². The Morgan fingerprint density at radius 2 is 2.00 bits per heavy atom. The number of oxazole rings is 1. The molecule has 0 bridgehead atoms. The fourth-order valence-electron chi connectivity index (χ4n) is 1.50. The molecule has 0 saturated carbocycles. The Kier molecular flexibility index (Phi) is 3.63. The summed E-state index contributed by atoms with van der Waals surface area (Å²) in [5.41, 5.74) is 1.59. The molecule has 3 rings (SSSR count). The van der Waals surface area contributed by atoms with Crippen LogP contribution < -0.4 is 0 Å². The summed E-state index contributed by atoms with van der Waals surface area (Å²) in [5.74, 6) is 0. The lowest BCUT2D eigenvalue weighted by Gasteiger charge is -1.99. The van der Waals surface area contributed by atoms with Gasteiger partial charge >= 0.3 is 0 Å². The van der Waals surface area contributed by atoms with Crippen molar-refractivity contribution in [1.82, 2.24) is 15.0 Å². The molecule has 2 heterocycles. The number of nitrogens with zero attached hydrogens (tertiary/aromatic N) is 3. The highest BCUT2D eigenvalue weighted by molar-refractivity contribution is 7.99. The summed E-state index contributed by atoms with van der Waals surface area (Å²) >= 11 is 8.72. The highest BCUT2D eigenvalue weighted by Crippen LogP contribution is 2.30. The molecule has 0 N–H and O–H groups in total. The summed E-state index contributed by atoms with van der Waals surface area (Å²) in [6.07, 6.45) is 1.90. The topological polar surface area (TPSA) is 51.8 Å². The third kappa shape index (κ3) is 2.86. The van der Waals surface area contributed by atoms with Gasteiger partial charge in [-0.15, -0.1) is 0 Å². The number of fused-ring (bicyclic) bond motifs is 1. The van der Waals surface area contributed by atoms with Gasteiger partial charge in [-0.05, 0) is 30.2 Å². The van der Waals surface area contributed by atoms with Crippen molar-refractivity contribution in [2.75, 3.05) is 6.26 Å². The third-order valence-corrected chi connectivity index (χ3v) is 3.81. The van der Waals surface area contributed by atoms with Gasteiger partial charge < -0.3 is 4.42 Å². The monoisotopic (exact) mass is 309 g/mol. The highest BCUT2D eigenvalue weighted by Gasteiger charge is 2.10. The van der Waals surface area contributed by atoms with E-state index in [0.29, 0.717) is 15.5 Å². The Morgan fingerprint density at radius 3 is 2.79 bits per heavy atom. The lowest BCUT2D eigenvalue weighted by atomic mass is 10.3. The molecule has 0 aliphatic carbocycles. The molecule has 7 heteroatoms. The summed E-state index contributed by atoms with van der Waals surface area (Å²) in [6.45, 7) is 0. The molecule has 0 atom stereocenters. The number of thioether (sulfide) groups is 1. The maximum Gasteiger partial charge on any atom is 0.263 e. The Labute approximate surface area is 123 Å². The van der Waals surface area contributed by atoms with Gasteiger partial charge in [-0.1, -0.05) is 35.5 Å². The average molecular weight is 310 g/mol. The first-order valence-electron chi connectivity index (χ1n) is 5.36. The van der Waals surface area contributed by atoms with E-state index in [1.807, 2.05) is 30.5 Å². The second-order valence-electron chi connectivity index (χ2n) is 3.57. The number of halogens is 1. The van der Waals surface area contributed by atoms with Crippen LogP contribution >= 0.6 is 35.1 Å². The van der Waals surface area contributed by atoms with Gasteiger partial charge in [0.15, 0.2) is 10.7 Å². The van der Waals surface area contributed by atoms with Crippen LogP contribution in [0.5, 0.6) is 0 Å². The normalized spacial score (nSPS) is 11.1. The minimum Gasteiger partial charge on any atom is -0.431 e. The zero-order valence-electron chi connectivity index (χ0n) is 9.83. The smallest absolute Gasteiger partial charge is 0.263 e. The highest BCUT2D eigenvalue weighted by atomic mass is 35.5. The van der Waals surface area contributed by atoms with Crippen molar-refractivity contribution in [2.45, 2.75) is 15.4 Å². The van der Waals surface area contributed by atoms with Crippen LogP contribution in [0.15, 0.2) is 50.2 Å². The molecule has 2 aromatic heterocycles. The lowest BCUT2D eigenvalue weighted by Crippen LogP contribution is -1.88. The molecule has 96 valence electrons. The van der Waals surface area contributed by atoms with E-state index in [0.717, 1.165) is 16.1 Å². The number of aromatic nitrogens is 3. The van der Waals surface area contributed by atoms with Crippen LogP contribution in [0, 0.1) is 0 Å². The number of para-hydroxylation sites is 2. The summed E-state index contributed by atoms with van der Waals surface area (Å²) in [6, 6.07) is 9.32. The molecule has 0 saturated heterocycles. The first kappa shape index (κ1) is 12.8. The maximum atomic E-state index is 5.94. The van der Waals surface area contributed by atoms with E-state index in [1.54, 1.807) is 6.07 Å². The van der Waals surface area contributed by atoms with Gasteiger partial charge in [-0.25, -0.2) is 15.0 Å². The Balaban J connectivity index is 1.94. The number of hydrogen-bond donors (Lipinski definition) is 0. The largest absolute Gasteiger partial charge is 0.431 e. The molecular weight excluding hydrogens is 302 g/mol. The average Bonchev–Trinajstić information content (AvgIpc) is 2.80. The van der Waals surface area contributed by atoms with E-state index in [2.05, 4.69) is 15.0 Å². The molecule has 1 aromatic carbocycles. The molecule has 0 fully saturated rings. The summed E-state index contributed by atoms with van der Waals surface area (Å²) in [7, 11) is 0. The molecule has 0 aliphatic rings. The van der Waals surface area contributed by atoms with Crippen LogP contribution in [0.25, 0.3) is 11.1 Å². The second-order valence-corrected chi connectivity index (χ2v) is 5.70. The van der Waals surface area contributed by atoms with Crippen LogP contribution in [0.4, 0.5) is 0 Å². The van der Waals surface area contributed by atoms with E-state index < -0.39 is 0 Å². The van der Waals surface area contributed by atoms with E-state index in [4.69, 9.17) is 16.0 Å². The second kappa shape index (κ2) is 5.40. The number of benzene rings is 1. The van der Waals surface area contributed by atoms with Crippen molar-refractivity contribution in [3.8, 4) is 0 Å². The maximum absolute atomic E-state index is 5.94. The first-order chi connectivity index (χ1) is 9.24. The molecule has 19 heavy (non-hydrogen) atoms. The number of hydrogen-bond acceptors (Lipinski definition) is 6. The van der Waals surface area contributed by atoms with Crippen molar-refractivity contribution in [1.29, 1.82) is 0 Å². The van der Waals surface area contributed by atoms with E-state index in [1.165, 1.54) is 23.5 Å². The zero-order valence-corrected chi connectivity index (χ0v) is 12.2. The van der Waals surface area contributed by atoms with Gasteiger partial charge in [0, 0.05) is 6.07 Å². The standard InChI is InChI=1S/C12H8ClN3OS2/c1-18-11-15-9(13)6-10(16-11)19-12-14-7-4-2-3-5-8(7)17-12/h2-6H,1H3. The van der Waals surface area contributed by atoms with Crippen molar-refractivity contribution in [3.05, 3.63) is 35.5 Å². The minimum absolute atomic E-state index is 0.415. The van der Waals surface area contributed by atoms with Crippen LogP contribution in [0.1, 0.15) is 0 Å². The van der Waals surface area contributed by atoms with Crippen molar-refractivity contribution in [2.24, 2.45) is 0 Å². The lowest BCUT2D eigenvalue weighted by molar-refractivity contribution is 0.489. The number of rotatable bonds is 3. The summed E-state index contributed by atoms with van der Waals surface area (Å²) in [5, 5.41) is 2.31.